The van der Waals surface area contributed by atoms with Gasteiger partial charge >= 0.3 is 0 Å². The van der Waals surface area contributed by atoms with E-state index in [9.17, 15) is 0 Å². The number of para-hydroxylation sites is 2. The average Bonchev–Trinajstić information content (AvgIpc) is 2.48. The van der Waals surface area contributed by atoms with Gasteiger partial charge in [-0.25, -0.2) is 4.98 Å². The highest BCUT2D eigenvalue weighted by Crippen LogP contribution is 2.35. The van der Waals surface area contributed by atoms with E-state index >= 15 is 0 Å². The molecule has 74 valence electrons. The number of fused-ring (bicyclic) bond motifs is 2. The molecule has 3 rings (SSSR count). The Balaban J connectivity index is 2.10. The summed E-state index contributed by atoms with van der Waals surface area (Å²) in [5, 5.41) is 0. The molecule has 0 aliphatic carbocycles. The smallest absolute Gasteiger partial charge is 0.226 e. The van der Waals surface area contributed by atoms with E-state index in [1.807, 2.05) is 36.4 Å². The Morgan fingerprint density at radius 2 is 1.87 bits per heavy atom. The molecule has 1 aliphatic heterocycles. The average molecular weight is 199 g/mol. The van der Waals surface area contributed by atoms with Crippen molar-refractivity contribution in [3.8, 4) is 17.4 Å². The van der Waals surface area contributed by atoms with Gasteiger partial charge in [0, 0.05) is 6.20 Å². The van der Waals surface area contributed by atoms with Gasteiger partial charge < -0.3 is 9.47 Å². The zero-order valence-electron chi connectivity index (χ0n) is 8.01. The maximum atomic E-state index is 5.67. The second kappa shape index (κ2) is 3.28. The maximum Gasteiger partial charge on any atom is 0.226 e. The van der Waals surface area contributed by atoms with Gasteiger partial charge in [-0.3, -0.25) is 0 Å². The molecule has 2 heterocycles. The van der Waals surface area contributed by atoms with Crippen molar-refractivity contribution in [2.24, 2.45) is 0 Å². The van der Waals surface area contributed by atoms with Gasteiger partial charge in [-0.1, -0.05) is 12.1 Å². The third-order valence-electron chi connectivity index (χ3n) is 2.29. The number of benzene rings is 1. The van der Waals surface area contributed by atoms with Gasteiger partial charge in [0.15, 0.2) is 11.5 Å². The van der Waals surface area contributed by atoms with Crippen molar-refractivity contribution in [2.45, 2.75) is 6.61 Å². The van der Waals surface area contributed by atoms with Crippen LogP contribution in [0.2, 0.25) is 0 Å². The Labute approximate surface area is 87.3 Å². The van der Waals surface area contributed by atoms with Gasteiger partial charge in [0.05, 0.1) is 5.56 Å². The number of pyridine rings is 1. The Kier molecular flexibility index (Phi) is 1.81. The van der Waals surface area contributed by atoms with Gasteiger partial charge in [-0.15, -0.1) is 0 Å². The summed E-state index contributed by atoms with van der Waals surface area (Å²) in [6, 6.07) is 11.4. The molecule has 0 saturated carbocycles. The maximum absolute atomic E-state index is 5.67. The van der Waals surface area contributed by atoms with Crippen molar-refractivity contribution in [1.82, 2.24) is 4.98 Å². The standard InChI is InChI=1S/C12H9NO2/c1-2-6-11-10(5-1)14-8-9-4-3-7-13-12(9)15-11/h1-7H,8H2. The van der Waals surface area contributed by atoms with Crippen molar-refractivity contribution in [2.75, 3.05) is 0 Å². The second-order valence-electron chi connectivity index (χ2n) is 3.31. The normalized spacial score (nSPS) is 12.8. The molecule has 0 atom stereocenters. The van der Waals surface area contributed by atoms with E-state index in [2.05, 4.69) is 4.98 Å². The van der Waals surface area contributed by atoms with Crippen LogP contribution in [0.1, 0.15) is 5.56 Å². The lowest BCUT2D eigenvalue weighted by atomic mass is 10.3. The van der Waals surface area contributed by atoms with Gasteiger partial charge in [0.25, 0.3) is 0 Å². The van der Waals surface area contributed by atoms with E-state index in [1.54, 1.807) is 6.20 Å². The Hall–Kier alpha value is -2.03. The summed E-state index contributed by atoms with van der Waals surface area (Å²) >= 11 is 0. The lowest BCUT2D eigenvalue weighted by Gasteiger charge is -2.04. The first-order chi connectivity index (χ1) is 7.43. The van der Waals surface area contributed by atoms with Crippen LogP contribution in [-0.4, -0.2) is 4.98 Å². The lowest BCUT2D eigenvalue weighted by Crippen LogP contribution is -1.93. The predicted molar refractivity (Wildman–Crippen MR) is 55.1 cm³/mol. The molecular formula is C12H9NO2. The summed E-state index contributed by atoms with van der Waals surface area (Å²) in [5.41, 5.74) is 0.966. The number of rotatable bonds is 0. The van der Waals surface area contributed by atoms with Crippen LogP contribution < -0.4 is 9.47 Å². The van der Waals surface area contributed by atoms with E-state index in [0.29, 0.717) is 12.5 Å². The van der Waals surface area contributed by atoms with E-state index in [0.717, 1.165) is 17.1 Å². The number of aromatic nitrogens is 1. The molecule has 2 aromatic rings. The SMILES string of the molecule is c1cnc2c(c1)COc1ccccc1O2. The predicted octanol–water partition coefficient (Wildman–Crippen LogP) is 2.77. The molecule has 0 amide bonds. The molecule has 0 fully saturated rings. The Morgan fingerprint density at radius 3 is 2.80 bits per heavy atom. The third kappa shape index (κ3) is 1.42. The topological polar surface area (TPSA) is 31.4 Å². The zero-order valence-corrected chi connectivity index (χ0v) is 8.01. The summed E-state index contributed by atoms with van der Waals surface area (Å²) in [6.07, 6.45) is 1.72. The van der Waals surface area contributed by atoms with Crippen molar-refractivity contribution in [3.05, 3.63) is 48.2 Å². The van der Waals surface area contributed by atoms with Crippen LogP contribution in [0, 0.1) is 0 Å². The second-order valence-corrected chi connectivity index (χ2v) is 3.31. The quantitative estimate of drug-likeness (QED) is 0.653. The molecule has 1 aromatic heterocycles. The molecule has 1 aromatic carbocycles. The highest BCUT2D eigenvalue weighted by molar-refractivity contribution is 5.44. The van der Waals surface area contributed by atoms with Crippen LogP contribution in [0.25, 0.3) is 0 Å². The first-order valence-corrected chi connectivity index (χ1v) is 4.77. The van der Waals surface area contributed by atoms with E-state index in [4.69, 9.17) is 9.47 Å². The molecule has 15 heavy (non-hydrogen) atoms. The number of nitrogens with zero attached hydrogens (tertiary/aromatic N) is 1. The van der Waals surface area contributed by atoms with E-state index < -0.39 is 0 Å². The molecule has 0 bridgehead atoms. The Morgan fingerprint density at radius 1 is 1.00 bits per heavy atom. The first-order valence-electron chi connectivity index (χ1n) is 4.77. The summed E-state index contributed by atoms with van der Waals surface area (Å²) in [5.74, 6) is 2.10. The minimum atomic E-state index is 0.500. The molecule has 3 nitrogen and oxygen atoms in total. The summed E-state index contributed by atoms with van der Waals surface area (Å²) in [4.78, 5) is 4.18. The van der Waals surface area contributed by atoms with Gasteiger partial charge in [-0.2, -0.15) is 0 Å². The molecule has 1 aliphatic rings. The van der Waals surface area contributed by atoms with Gasteiger partial charge in [0.1, 0.15) is 6.61 Å². The Bertz CT molecular complexity index is 451. The minimum absolute atomic E-state index is 0.500. The largest absolute Gasteiger partial charge is 0.485 e. The first kappa shape index (κ1) is 8.29. The highest BCUT2D eigenvalue weighted by Gasteiger charge is 2.14. The fourth-order valence-corrected chi connectivity index (χ4v) is 1.54. The number of hydrogen-bond donors (Lipinski definition) is 0. The zero-order chi connectivity index (χ0) is 10.1. The molecule has 3 heteroatoms. The molecule has 0 unspecified atom stereocenters. The highest BCUT2D eigenvalue weighted by atomic mass is 16.5. The van der Waals surface area contributed by atoms with Crippen LogP contribution in [0.15, 0.2) is 42.6 Å². The summed E-state index contributed by atoms with van der Waals surface area (Å²) in [6.45, 7) is 0.500. The summed E-state index contributed by atoms with van der Waals surface area (Å²) < 4.78 is 11.3. The van der Waals surface area contributed by atoms with Gasteiger partial charge in [0.2, 0.25) is 5.88 Å². The van der Waals surface area contributed by atoms with Crippen molar-refractivity contribution in [3.63, 3.8) is 0 Å². The monoisotopic (exact) mass is 199 g/mol. The third-order valence-corrected chi connectivity index (χ3v) is 2.29. The van der Waals surface area contributed by atoms with Crippen LogP contribution >= 0.6 is 0 Å². The van der Waals surface area contributed by atoms with E-state index in [1.165, 1.54) is 0 Å². The van der Waals surface area contributed by atoms with Crippen molar-refractivity contribution in [1.29, 1.82) is 0 Å². The van der Waals surface area contributed by atoms with Crippen LogP contribution in [0.4, 0.5) is 0 Å². The number of ether oxygens (including phenoxy) is 2. The summed E-state index contributed by atoms with van der Waals surface area (Å²) in [7, 11) is 0. The molecular weight excluding hydrogens is 190 g/mol. The van der Waals surface area contributed by atoms with Crippen LogP contribution in [0.3, 0.4) is 0 Å². The molecule has 0 spiro atoms. The van der Waals surface area contributed by atoms with Gasteiger partial charge in [-0.05, 0) is 24.3 Å². The molecule has 0 N–H and O–H groups in total. The molecule has 0 saturated heterocycles. The lowest BCUT2D eigenvalue weighted by molar-refractivity contribution is 0.307. The van der Waals surface area contributed by atoms with Crippen LogP contribution in [0.5, 0.6) is 17.4 Å². The molecule has 0 radical (unpaired) electrons. The van der Waals surface area contributed by atoms with Crippen molar-refractivity contribution < 1.29 is 9.47 Å². The number of hydrogen-bond acceptors (Lipinski definition) is 3. The van der Waals surface area contributed by atoms with Crippen molar-refractivity contribution >= 4 is 0 Å². The fraction of sp³-hybridized carbons (Fsp3) is 0.0833. The fourth-order valence-electron chi connectivity index (χ4n) is 1.54. The van der Waals surface area contributed by atoms with Crippen LogP contribution in [-0.2, 0) is 6.61 Å². The minimum Gasteiger partial charge on any atom is -0.485 e. The van der Waals surface area contributed by atoms with E-state index in [-0.39, 0.29) is 0 Å².